The fraction of sp³-hybridized carbons (Fsp3) is 0.280. The molecule has 1 atom stereocenters. The first-order chi connectivity index (χ1) is 38.3. The van der Waals surface area contributed by atoms with Gasteiger partial charge in [-0.05, 0) is 110 Å². The minimum absolute atomic E-state index is 0.0255. The Bertz CT molecular complexity index is 3620. The fourth-order valence-corrected chi connectivity index (χ4v) is 10.1. The summed E-state index contributed by atoms with van der Waals surface area (Å²) in [6.45, 7) is -1.28. The number of anilines is 4. The van der Waals surface area contributed by atoms with Crippen LogP contribution in [0.15, 0.2) is 97.1 Å². The standard InChI is InChI=1S/C50H48N10O22/c1-80-30-14-10-28(11-15-30)59-37-32(35(53-59)39(51)62)18-20-55(41(37)64)24-2-6-26(7-3-24)57-34(61)22-44(67,68)48(75,50(57,78)79)82-23-81-31-16-12-29(13-17-31)60-38-33(36(54-60)40(52)63)19-21-56(42(38)65)25-4-8-27(9-5-25)58-43(66)45(69,70)46(71,72)47(73,74)49(58,76)77/h2-17,67-79H,18-23H2,1H3,(H2,51,62)(H2,52,63). The molecule has 17 N–H and O–H groups in total. The predicted octanol–water partition coefficient (Wildman–Crippen LogP) is -5.50. The average Bonchev–Trinajstić information content (AvgIpc) is 1.13. The van der Waals surface area contributed by atoms with E-state index in [1.165, 1.54) is 65.2 Å². The summed E-state index contributed by atoms with van der Waals surface area (Å²) < 4.78 is 18.3. The minimum atomic E-state index is -4.64. The second-order valence-corrected chi connectivity index (χ2v) is 19.2. The molecule has 6 heterocycles. The van der Waals surface area contributed by atoms with Gasteiger partial charge in [0.25, 0.3) is 35.3 Å². The van der Waals surface area contributed by atoms with Crippen LogP contribution in [0.25, 0.3) is 11.4 Å². The number of hydrogen-bond donors (Lipinski definition) is 15. The van der Waals surface area contributed by atoms with E-state index < -0.39 is 95.1 Å². The molecule has 0 saturated carbocycles. The van der Waals surface area contributed by atoms with Crippen LogP contribution in [0.4, 0.5) is 22.7 Å². The molecule has 0 spiro atoms. The number of hydrogen-bond acceptors (Lipinski definition) is 24. The van der Waals surface area contributed by atoms with E-state index in [2.05, 4.69) is 10.2 Å². The van der Waals surface area contributed by atoms with Crippen LogP contribution in [0, 0.1) is 0 Å². The third kappa shape index (κ3) is 8.24. The lowest BCUT2D eigenvalue weighted by molar-refractivity contribution is -0.505. The smallest absolute Gasteiger partial charge is 0.316 e. The molecule has 2 saturated heterocycles. The van der Waals surface area contributed by atoms with Crippen molar-refractivity contribution < 1.29 is 109 Å². The molecule has 6 aromatic rings. The van der Waals surface area contributed by atoms with Gasteiger partial charge in [0.1, 0.15) is 22.9 Å². The molecule has 0 aliphatic carbocycles. The quantitative estimate of drug-likeness (QED) is 0.0480. The highest BCUT2D eigenvalue weighted by atomic mass is 16.8. The SMILES string of the molecule is COc1ccc(-n2nc(C(N)=O)c3c2C(=O)N(c2ccc(N4C(=O)CC(O)(O)C(O)(OCOc5ccc(-n6nc(C(N)=O)c7c6C(=O)N(c6ccc(N8C(=O)C(O)(O)C(O)(O)C(O)(O)C8(O)O)cc6)CC7)cc5)C4(O)O)cc2)CC3)cc1. The Balaban J connectivity index is 0.842. The van der Waals surface area contributed by atoms with Crippen molar-refractivity contribution in [2.45, 2.75) is 60.0 Å². The molecule has 1 unspecified atom stereocenters. The lowest BCUT2D eigenvalue weighted by atomic mass is 9.86. The van der Waals surface area contributed by atoms with Gasteiger partial charge in [-0.1, -0.05) is 0 Å². The van der Waals surface area contributed by atoms with Gasteiger partial charge in [0.15, 0.2) is 18.2 Å². The summed E-state index contributed by atoms with van der Waals surface area (Å²) in [5.41, 5.74) is 10.8. The summed E-state index contributed by atoms with van der Waals surface area (Å²) in [5.74, 6) is -35.9. The second kappa shape index (κ2) is 19.1. The number of benzene rings is 4. The summed E-state index contributed by atoms with van der Waals surface area (Å²) >= 11 is 0. The number of aromatic nitrogens is 4. The first-order valence-electron chi connectivity index (χ1n) is 24.1. The maximum atomic E-state index is 14.3. The number of fused-ring (bicyclic) bond motifs is 2. The topological polar surface area (TPSA) is 494 Å². The molecule has 4 aliphatic heterocycles. The zero-order chi connectivity index (χ0) is 59.6. The van der Waals surface area contributed by atoms with Crippen LogP contribution in [-0.4, -0.2) is 189 Å². The van der Waals surface area contributed by atoms with Gasteiger partial charge in [-0.25, -0.2) is 9.36 Å². The molecule has 2 fully saturated rings. The number of methoxy groups -OCH3 is 1. The van der Waals surface area contributed by atoms with Crippen molar-refractivity contribution in [3.05, 3.63) is 131 Å². The largest absolute Gasteiger partial charge is 0.497 e. The molecular formula is C50H48N10O22. The van der Waals surface area contributed by atoms with E-state index in [0.717, 1.165) is 33.8 Å². The Kier molecular flexibility index (Phi) is 13.2. The average molecular weight is 1140 g/mol. The Labute approximate surface area is 458 Å². The summed E-state index contributed by atoms with van der Waals surface area (Å²) in [4.78, 5) is 82.1. The molecule has 32 nitrogen and oxygen atoms in total. The number of ether oxygens (including phenoxy) is 3. The van der Waals surface area contributed by atoms with Crippen molar-refractivity contribution in [3.8, 4) is 22.9 Å². The first kappa shape index (κ1) is 56.4. The van der Waals surface area contributed by atoms with Crippen LogP contribution in [0.1, 0.15) is 59.5 Å². The lowest BCUT2D eigenvalue weighted by Gasteiger charge is -2.55. The number of carbonyl (C=O) groups excluding carboxylic acids is 6. The highest BCUT2D eigenvalue weighted by Crippen LogP contribution is 2.47. The van der Waals surface area contributed by atoms with Gasteiger partial charge >= 0.3 is 29.2 Å². The van der Waals surface area contributed by atoms with Crippen LogP contribution in [-0.2, 0) is 27.2 Å². The number of piperidine rings is 2. The van der Waals surface area contributed by atoms with Crippen molar-refractivity contribution in [1.82, 2.24) is 19.6 Å². The normalized spacial score (nSPS) is 21.2. The molecule has 82 heavy (non-hydrogen) atoms. The van der Waals surface area contributed by atoms with Gasteiger partial charge in [-0.15, -0.1) is 0 Å². The van der Waals surface area contributed by atoms with E-state index in [1.54, 1.807) is 24.3 Å². The van der Waals surface area contributed by atoms with Gasteiger partial charge in [0.05, 0.1) is 24.9 Å². The Morgan fingerprint density at radius 3 is 1.37 bits per heavy atom. The third-order valence-electron chi connectivity index (χ3n) is 14.4. The number of rotatable bonds is 13. The van der Waals surface area contributed by atoms with Crippen molar-refractivity contribution >= 4 is 58.2 Å². The summed E-state index contributed by atoms with van der Waals surface area (Å²) in [5, 5.41) is 147. The van der Waals surface area contributed by atoms with Crippen LogP contribution in [0.5, 0.6) is 11.5 Å². The van der Waals surface area contributed by atoms with E-state index in [4.69, 9.17) is 25.7 Å². The number of amides is 6. The second-order valence-electron chi connectivity index (χ2n) is 19.2. The number of nitrogens with zero attached hydrogens (tertiary/aromatic N) is 8. The van der Waals surface area contributed by atoms with Crippen molar-refractivity contribution in [1.29, 1.82) is 0 Å². The molecular weight excluding hydrogens is 1090 g/mol. The van der Waals surface area contributed by atoms with E-state index in [0.29, 0.717) is 17.0 Å². The van der Waals surface area contributed by atoms with Crippen molar-refractivity contribution in [2.24, 2.45) is 11.5 Å². The van der Waals surface area contributed by atoms with Crippen LogP contribution in [0.2, 0.25) is 0 Å². The lowest BCUT2D eigenvalue weighted by Crippen LogP contribution is -2.88. The van der Waals surface area contributed by atoms with Gasteiger partial charge < -0.3 is 102 Å². The van der Waals surface area contributed by atoms with Crippen molar-refractivity contribution in [2.75, 3.05) is 46.6 Å². The van der Waals surface area contributed by atoms with Crippen LogP contribution >= 0.6 is 0 Å². The number of aliphatic hydroxyl groups is 13. The van der Waals surface area contributed by atoms with Gasteiger partial charge in [-0.2, -0.15) is 10.2 Å². The Morgan fingerprint density at radius 2 is 0.939 bits per heavy atom. The maximum Gasteiger partial charge on any atom is 0.316 e. The molecule has 430 valence electrons. The zero-order valence-electron chi connectivity index (χ0n) is 42.2. The number of primary amides is 2. The van der Waals surface area contributed by atoms with Gasteiger partial charge in [0, 0.05) is 47.0 Å². The summed E-state index contributed by atoms with van der Waals surface area (Å²) in [6.07, 6.45) is -1.28. The molecule has 4 aromatic carbocycles. The van der Waals surface area contributed by atoms with E-state index in [1.807, 2.05) is 0 Å². The summed E-state index contributed by atoms with van der Waals surface area (Å²) in [7, 11) is 1.47. The minimum Gasteiger partial charge on any atom is -0.497 e. The Morgan fingerprint density at radius 1 is 0.537 bits per heavy atom. The van der Waals surface area contributed by atoms with Crippen LogP contribution in [0.3, 0.4) is 0 Å². The van der Waals surface area contributed by atoms with Gasteiger partial charge in [-0.3, -0.25) is 38.6 Å². The molecule has 32 heteroatoms. The van der Waals surface area contributed by atoms with E-state index in [-0.39, 0.29) is 92.6 Å². The first-order valence-corrected chi connectivity index (χ1v) is 24.1. The summed E-state index contributed by atoms with van der Waals surface area (Å²) in [6, 6.07) is 20.6. The van der Waals surface area contributed by atoms with E-state index >= 15 is 0 Å². The maximum absolute atomic E-state index is 14.3. The third-order valence-corrected chi connectivity index (χ3v) is 14.4. The molecule has 2 aromatic heterocycles. The van der Waals surface area contributed by atoms with Crippen molar-refractivity contribution in [3.63, 3.8) is 0 Å². The van der Waals surface area contributed by atoms with Gasteiger partial charge in [0.2, 0.25) is 11.7 Å². The number of carbonyl (C=O) groups is 6. The van der Waals surface area contributed by atoms with Crippen LogP contribution < -0.4 is 40.5 Å². The highest BCUT2D eigenvalue weighted by molar-refractivity contribution is 6.11. The molecule has 10 rings (SSSR count). The molecule has 6 amide bonds. The highest BCUT2D eigenvalue weighted by Gasteiger charge is 2.81. The molecule has 4 aliphatic rings. The predicted molar refractivity (Wildman–Crippen MR) is 268 cm³/mol. The Hall–Kier alpha value is -8.84. The van der Waals surface area contributed by atoms with E-state index in [9.17, 15) is 95.2 Å². The molecule has 0 bridgehead atoms. The molecule has 0 radical (unpaired) electrons. The zero-order valence-corrected chi connectivity index (χ0v) is 42.2. The monoisotopic (exact) mass is 1140 g/mol. The number of nitrogens with two attached hydrogens (primary N) is 2. The fourth-order valence-electron chi connectivity index (χ4n) is 10.1.